The van der Waals surface area contributed by atoms with Gasteiger partial charge in [-0.25, -0.2) is 4.98 Å². The molecule has 1 aliphatic heterocycles. The van der Waals surface area contributed by atoms with Gasteiger partial charge >= 0.3 is 0 Å². The Hall–Kier alpha value is -3.06. The van der Waals surface area contributed by atoms with E-state index in [9.17, 15) is 9.59 Å². The highest BCUT2D eigenvalue weighted by Crippen LogP contribution is 2.29. The van der Waals surface area contributed by atoms with Crippen LogP contribution >= 0.6 is 11.8 Å². The van der Waals surface area contributed by atoms with Crippen LogP contribution in [0.5, 0.6) is 5.75 Å². The summed E-state index contributed by atoms with van der Waals surface area (Å²) in [5.74, 6) is 2.01. The van der Waals surface area contributed by atoms with E-state index >= 15 is 0 Å². The Balaban J connectivity index is 1.39. The summed E-state index contributed by atoms with van der Waals surface area (Å²) in [4.78, 5) is 27.8. The van der Waals surface area contributed by atoms with Crippen molar-refractivity contribution >= 4 is 22.1 Å². The molecular weight excluding hydrogens is 376 g/mol. The van der Waals surface area contributed by atoms with Gasteiger partial charge in [0.15, 0.2) is 0 Å². The van der Waals surface area contributed by atoms with E-state index in [0.717, 1.165) is 17.0 Å². The van der Waals surface area contributed by atoms with Gasteiger partial charge in [0.2, 0.25) is 11.0 Å². The van der Waals surface area contributed by atoms with Crippen molar-refractivity contribution in [1.29, 1.82) is 0 Å². The monoisotopic (exact) mass is 394 g/mol. The van der Waals surface area contributed by atoms with Gasteiger partial charge in [0.25, 0.3) is 5.24 Å². The lowest BCUT2D eigenvalue weighted by Crippen LogP contribution is -2.19. The number of ether oxygens (including phenoxy) is 1. The highest BCUT2D eigenvalue weighted by atomic mass is 32.2. The van der Waals surface area contributed by atoms with Crippen LogP contribution in [0.1, 0.15) is 23.1 Å². The molecule has 1 atom stereocenters. The molecule has 4 rings (SSSR count). The number of oxazole rings is 1. The molecule has 1 saturated heterocycles. The fourth-order valence-corrected chi connectivity index (χ4v) is 3.66. The summed E-state index contributed by atoms with van der Waals surface area (Å²) < 4.78 is 11.6. The molecule has 2 aromatic carbocycles. The molecule has 6 nitrogen and oxygen atoms in total. The summed E-state index contributed by atoms with van der Waals surface area (Å²) in [6, 6.07) is 16.3. The zero-order chi connectivity index (χ0) is 19.5. The minimum Gasteiger partial charge on any atom is -0.493 e. The van der Waals surface area contributed by atoms with Crippen LogP contribution < -0.4 is 10.1 Å². The van der Waals surface area contributed by atoms with Crippen LogP contribution in [0, 0.1) is 6.92 Å². The Kier molecular flexibility index (Phi) is 5.16. The predicted octanol–water partition coefficient (Wildman–Crippen LogP) is 4.30. The van der Waals surface area contributed by atoms with Gasteiger partial charge in [-0.3, -0.25) is 9.59 Å². The minimum atomic E-state index is -0.618. The van der Waals surface area contributed by atoms with Crippen LogP contribution in [0.3, 0.4) is 0 Å². The van der Waals surface area contributed by atoms with Crippen molar-refractivity contribution < 1.29 is 18.7 Å². The van der Waals surface area contributed by atoms with Crippen molar-refractivity contribution in [3.8, 4) is 17.2 Å². The topological polar surface area (TPSA) is 81.4 Å². The van der Waals surface area contributed by atoms with Crippen molar-refractivity contribution in [3.63, 3.8) is 0 Å². The second-order valence-electron chi connectivity index (χ2n) is 6.34. The molecule has 0 aliphatic carbocycles. The largest absolute Gasteiger partial charge is 0.493 e. The van der Waals surface area contributed by atoms with E-state index < -0.39 is 6.04 Å². The Labute approximate surface area is 166 Å². The standard InChI is InChI=1S/C21H18N2O4S/c1-13-17(22-19(27-13)14-6-3-2-4-7-14)10-11-26-16-9-5-8-15(12-16)18-20(24)28-21(25)23-18/h2-9,12,18H,10-11H2,1H3,(H,23,25). The lowest BCUT2D eigenvalue weighted by molar-refractivity contribution is -0.112. The lowest BCUT2D eigenvalue weighted by Gasteiger charge is -2.11. The molecule has 7 heteroatoms. The van der Waals surface area contributed by atoms with Gasteiger partial charge in [0.1, 0.15) is 17.6 Å². The number of benzene rings is 2. The average molecular weight is 394 g/mol. The Morgan fingerprint density at radius 2 is 1.96 bits per heavy atom. The summed E-state index contributed by atoms with van der Waals surface area (Å²) in [6.07, 6.45) is 0.599. The van der Waals surface area contributed by atoms with Crippen LogP contribution in [-0.2, 0) is 11.2 Å². The van der Waals surface area contributed by atoms with E-state index in [1.165, 1.54) is 0 Å². The van der Waals surface area contributed by atoms with E-state index in [0.29, 0.717) is 42.0 Å². The fourth-order valence-electron chi connectivity index (χ4n) is 2.99. The second kappa shape index (κ2) is 7.90. The van der Waals surface area contributed by atoms with Crippen LogP contribution in [-0.4, -0.2) is 21.9 Å². The van der Waals surface area contributed by atoms with Gasteiger partial charge in [0.05, 0.1) is 12.3 Å². The van der Waals surface area contributed by atoms with Crippen LogP contribution in [0.2, 0.25) is 0 Å². The quantitative estimate of drug-likeness (QED) is 0.671. The highest BCUT2D eigenvalue weighted by Gasteiger charge is 2.32. The van der Waals surface area contributed by atoms with Gasteiger partial charge < -0.3 is 14.5 Å². The average Bonchev–Trinajstić information content (AvgIpc) is 3.24. The molecule has 1 fully saturated rings. The summed E-state index contributed by atoms with van der Waals surface area (Å²) in [7, 11) is 0. The van der Waals surface area contributed by atoms with E-state index in [2.05, 4.69) is 10.3 Å². The van der Waals surface area contributed by atoms with E-state index in [1.807, 2.05) is 49.4 Å². The van der Waals surface area contributed by atoms with Gasteiger partial charge in [-0.1, -0.05) is 30.3 Å². The normalized spacial score (nSPS) is 16.2. The number of thioether (sulfide) groups is 1. The summed E-state index contributed by atoms with van der Waals surface area (Å²) in [6.45, 7) is 2.31. The van der Waals surface area contributed by atoms with Crippen LogP contribution in [0.15, 0.2) is 59.0 Å². The highest BCUT2D eigenvalue weighted by molar-refractivity contribution is 8.26. The Morgan fingerprint density at radius 1 is 1.14 bits per heavy atom. The molecule has 142 valence electrons. The van der Waals surface area contributed by atoms with Gasteiger partial charge in [-0.05, 0) is 36.8 Å². The molecule has 2 heterocycles. The van der Waals surface area contributed by atoms with E-state index in [-0.39, 0.29) is 10.4 Å². The molecule has 0 saturated carbocycles. The van der Waals surface area contributed by atoms with Crippen LogP contribution in [0.4, 0.5) is 4.79 Å². The number of aryl methyl sites for hydroxylation is 1. The predicted molar refractivity (Wildman–Crippen MR) is 106 cm³/mol. The van der Waals surface area contributed by atoms with Crippen molar-refractivity contribution in [2.75, 3.05) is 6.61 Å². The lowest BCUT2D eigenvalue weighted by atomic mass is 10.1. The molecule has 0 spiro atoms. The number of carbonyl (C=O) groups excluding carboxylic acids is 2. The summed E-state index contributed by atoms with van der Waals surface area (Å²) in [5, 5.41) is 2.13. The van der Waals surface area contributed by atoms with Gasteiger partial charge in [0, 0.05) is 23.7 Å². The molecule has 28 heavy (non-hydrogen) atoms. The van der Waals surface area contributed by atoms with E-state index in [4.69, 9.17) is 9.15 Å². The number of nitrogens with zero attached hydrogens (tertiary/aromatic N) is 1. The molecule has 0 bridgehead atoms. The fraction of sp³-hybridized carbons (Fsp3) is 0.190. The molecule has 1 aliphatic rings. The third kappa shape index (κ3) is 3.94. The van der Waals surface area contributed by atoms with E-state index in [1.54, 1.807) is 12.1 Å². The molecule has 1 unspecified atom stereocenters. The number of hydrogen-bond donors (Lipinski definition) is 1. The zero-order valence-electron chi connectivity index (χ0n) is 15.2. The maximum Gasteiger partial charge on any atom is 0.287 e. The van der Waals surface area contributed by atoms with Gasteiger partial charge in [-0.15, -0.1) is 0 Å². The third-order valence-corrected chi connectivity index (χ3v) is 5.14. The van der Waals surface area contributed by atoms with Gasteiger partial charge in [-0.2, -0.15) is 0 Å². The van der Waals surface area contributed by atoms with Crippen LogP contribution in [0.25, 0.3) is 11.5 Å². The third-order valence-electron chi connectivity index (χ3n) is 4.40. The van der Waals surface area contributed by atoms with Crippen molar-refractivity contribution in [2.24, 2.45) is 0 Å². The van der Waals surface area contributed by atoms with Crippen molar-refractivity contribution in [1.82, 2.24) is 10.3 Å². The number of amides is 1. The minimum absolute atomic E-state index is 0.200. The van der Waals surface area contributed by atoms with Crippen molar-refractivity contribution in [3.05, 3.63) is 71.6 Å². The summed E-state index contributed by atoms with van der Waals surface area (Å²) >= 11 is 0.698. The molecule has 1 amide bonds. The molecular formula is C21H18N2O4S. The maximum absolute atomic E-state index is 11.9. The number of hydrogen-bond acceptors (Lipinski definition) is 6. The Bertz CT molecular complexity index is 1020. The molecule has 0 radical (unpaired) electrons. The number of nitrogens with one attached hydrogen (secondary N) is 1. The first-order valence-corrected chi connectivity index (χ1v) is 9.68. The maximum atomic E-state index is 11.9. The first-order chi connectivity index (χ1) is 13.6. The first-order valence-electron chi connectivity index (χ1n) is 8.87. The van der Waals surface area contributed by atoms with Crippen molar-refractivity contribution in [2.45, 2.75) is 19.4 Å². The smallest absolute Gasteiger partial charge is 0.287 e. The first kappa shape index (κ1) is 18.3. The number of rotatable bonds is 6. The molecule has 3 aromatic rings. The molecule has 1 aromatic heterocycles. The number of aromatic nitrogens is 1. The Morgan fingerprint density at radius 3 is 2.71 bits per heavy atom. The number of carbonyl (C=O) groups is 2. The molecule has 1 N–H and O–H groups in total. The SMILES string of the molecule is Cc1oc(-c2ccccc2)nc1CCOc1cccc(C2NC(=O)SC2=O)c1. The second-order valence-corrected chi connectivity index (χ2v) is 7.32. The zero-order valence-corrected chi connectivity index (χ0v) is 16.0. The summed E-state index contributed by atoms with van der Waals surface area (Å²) in [5.41, 5.74) is 2.50.